The van der Waals surface area contributed by atoms with Crippen LogP contribution in [0.3, 0.4) is 0 Å². The molecule has 0 amide bonds. The Kier molecular flexibility index (Phi) is 5.52. The van der Waals surface area contributed by atoms with Crippen LogP contribution in [0.15, 0.2) is 51.8 Å². The van der Waals surface area contributed by atoms with E-state index in [4.69, 9.17) is 32.2 Å². The smallest absolute Gasteiger partial charge is 0.335 e. The molecule has 7 rings (SSSR count). The molecule has 192 valence electrons. The Morgan fingerprint density at radius 1 is 1.08 bits per heavy atom. The third-order valence-corrected chi connectivity index (χ3v) is 8.17. The summed E-state index contributed by atoms with van der Waals surface area (Å²) < 4.78 is 11.3. The predicted octanol–water partition coefficient (Wildman–Crippen LogP) is 6.06. The first kappa shape index (κ1) is 23.4. The van der Waals surface area contributed by atoms with Gasteiger partial charge in [0.25, 0.3) is 0 Å². The monoisotopic (exact) mass is 549 g/mol. The number of aromatic carboxylic acids is 1. The van der Waals surface area contributed by atoms with Gasteiger partial charge >= 0.3 is 12.0 Å². The number of carboxylic acids is 1. The van der Waals surface area contributed by atoms with Gasteiger partial charge in [-0.1, -0.05) is 57.8 Å². The molecule has 0 bridgehead atoms. The van der Waals surface area contributed by atoms with Crippen LogP contribution in [0, 0.1) is 17.8 Å². The number of rotatable bonds is 7. The lowest BCUT2D eigenvalue weighted by Crippen LogP contribution is -2.23. The maximum absolute atomic E-state index is 11.3. The van der Waals surface area contributed by atoms with E-state index in [-0.39, 0.29) is 5.56 Å². The minimum absolute atomic E-state index is 0.181. The number of carboxylic acid groups (broad SMARTS) is 1. The van der Waals surface area contributed by atoms with E-state index in [1.165, 1.54) is 6.07 Å². The van der Waals surface area contributed by atoms with Crippen LogP contribution < -0.4 is 4.90 Å². The van der Waals surface area contributed by atoms with E-state index in [1.54, 1.807) is 30.6 Å². The van der Waals surface area contributed by atoms with Gasteiger partial charge in [0, 0.05) is 48.1 Å². The van der Waals surface area contributed by atoms with Gasteiger partial charge < -0.3 is 19.1 Å². The Balaban J connectivity index is 1.07. The summed E-state index contributed by atoms with van der Waals surface area (Å²) in [6.45, 7) is 1.62. The van der Waals surface area contributed by atoms with Gasteiger partial charge in [0.2, 0.25) is 5.82 Å². The number of allylic oxidation sites excluding steroid dienone is 1. The number of nitrogens with zero attached hydrogens (tertiary/aromatic N) is 5. The summed E-state index contributed by atoms with van der Waals surface area (Å²) in [4.78, 5) is 21.9. The predicted molar refractivity (Wildman–Crippen MR) is 140 cm³/mol. The highest BCUT2D eigenvalue weighted by atomic mass is 35.5. The molecule has 2 unspecified atom stereocenters. The van der Waals surface area contributed by atoms with E-state index in [9.17, 15) is 9.90 Å². The second kappa shape index (κ2) is 8.96. The molecule has 3 aliphatic rings. The third-order valence-electron chi connectivity index (χ3n) is 7.59. The first-order valence-corrected chi connectivity index (χ1v) is 13.1. The van der Waals surface area contributed by atoms with Gasteiger partial charge in [0.15, 0.2) is 0 Å². The summed E-state index contributed by atoms with van der Waals surface area (Å²) in [5.74, 6) is 2.05. The standard InChI is InChI=1S/C27H21Cl2N5O4/c28-20-9-30-10-21(29)22(20)23-17(24(37-32-23)13-4-5-13)7-6-16-18-11-34(12-19(16)18)27-31-25(33-38-27)14-2-1-3-15(8-14)26(35)36/h1-3,6-10,13,16,18-19H,4-5,11-12H2,(H,35,36). The molecular formula is C27H21Cl2N5O4. The minimum atomic E-state index is -0.996. The van der Waals surface area contributed by atoms with Crippen molar-refractivity contribution in [2.45, 2.75) is 18.8 Å². The van der Waals surface area contributed by atoms with Crippen LogP contribution in [-0.4, -0.2) is 44.4 Å². The maximum Gasteiger partial charge on any atom is 0.335 e. The fraction of sp³-hybridized carbons (Fsp3) is 0.296. The van der Waals surface area contributed by atoms with E-state index in [0.717, 1.165) is 37.3 Å². The summed E-state index contributed by atoms with van der Waals surface area (Å²) in [6, 6.07) is 6.97. The van der Waals surface area contributed by atoms with E-state index >= 15 is 0 Å². The molecule has 0 radical (unpaired) electrons. The van der Waals surface area contributed by atoms with Crippen molar-refractivity contribution in [2.75, 3.05) is 18.0 Å². The summed E-state index contributed by atoms with van der Waals surface area (Å²) >= 11 is 12.9. The van der Waals surface area contributed by atoms with Crippen LogP contribution in [0.2, 0.25) is 10.0 Å². The Hall–Kier alpha value is -3.69. The zero-order valence-corrected chi connectivity index (χ0v) is 21.4. The number of carbonyl (C=O) groups is 1. The van der Waals surface area contributed by atoms with Gasteiger partial charge in [0.1, 0.15) is 11.5 Å². The Labute approximate surface area is 227 Å². The quantitative estimate of drug-likeness (QED) is 0.293. The fourth-order valence-corrected chi connectivity index (χ4v) is 5.95. The molecular weight excluding hydrogens is 529 g/mol. The number of aromatic nitrogens is 4. The van der Waals surface area contributed by atoms with Crippen LogP contribution in [0.1, 0.15) is 40.4 Å². The highest BCUT2D eigenvalue weighted by Crippen LogP contribution is 2.54. The lowest BCUT2D eigenvalue weighted by molar-refractivity contribution is 0.0697. The van der Waals surface area contributed by atoms with Gasteiger partial charge in [-0.15, -0.1) is 0 Å². The number of hydrogen-bond acceptors (Lipinski definition) is 8. The maximum atomic E-state index is 11.3. The molecule has 38 heavy (non-hydrogen) atoms. The number of benzene rings is 1. The number of halogens is 2. The van der Waals surface area contributed by atoms with Crippen LogP contribution in [0.25, 0.3) is 28.7 Å². The third kappa shape index (κ3) is 4.06. The van der Waals surface area contributed by atoms with Gasteiger partial charge in [0.05, 0.1) is 15.6 Å². The van der Waals surface area contributed by atoms with Gasteiger partial charge in [-0.05, 0) is 42.7 Å². The molecule has 1 N–H and O–H groups in total. The number of hydrogen-bond donors (Lipinski definition) is 1. The van der Waals surface area contributed by atoms with Crippen molar-refractivity contribution < 1.29 is 18.9 Å². The molecule has 11 heteroatoms. The lowest BCUT2D eigenvalue weighted by atomic mass is 10.0. The molecule has 3 fully saturated rings. The second-order valence-corrected chi connectivity index (χ2v) is 10.8. The van der Waals surface area contributed by atoms with E-state index in [1.807, 2.05) is 0 Å². The van der Waals surface area contributed by atoms with E-state index in [0.29, 0.717) is 62.4 Å². The van der Waals surface area contributed by atoms with Gasteiger partial charge in [-0.3, -0.25) is 4.98 Å². The molecule has 9 nitrogen and oxygen atoms in total. The highest BCUT2D eigenvalue weighted by molar-refractivity contribution is 6.39. The van der Waals surface area contributed by atoms with Crippen molar-refractivity contribution in [3.63, 3.8) is 0 Å². The summed E-state index contributed by atoms with van der Waals surface area (Å²) in [5, 5.41) is 18.5. The molecule has 2 saturated carbocycles. The van der Waals surface area contributed by atoms with Crippen molar-refractivity contribution >= 4 is 41.3 Å². The molecule has 2 atom stereocenters. The Bertz CT molecular complexity index is 1560. The van der Waals surface area contributed by atoms with Crippen molar-refractivity contribution in [2.24, 2.45) is 17.8 Å². The average molecular weight is 550 g/mol. The molecule has 4 heterocycles. The first-order chi connectivity index (χ1) is 18.5. The van der Waals surface area contributed by atoms with Crippen molar-refractivity contribution in [1.29, 1.82) is 0 Å². The van der Waals surface area contributed by atoms with Crippen molar-refractivity contribution in [1.82, 2.24) is 20.3 Å². The molecule has 1 saturated heterocycles. The number of fused-ring (bicyclic) bond motifs is 1. The summed E-state index contributed by atoms with van der Waals surface area (Å²) in [5.41, 5.74) is 3.02. The summed E-state index contributed by atoms with van der Waals surface area (Å²) in [7, 11) is 0. The zero-order valence-electron chi connectivity index (χ0n) is 19.9. The average Bonchev–Trinajstić information content (AvgIpc) is 3.64. The highest BCUT2D eigenvalue weighted by Gasteiger charge is 2.55. The fourth-order valence-electron chi connectivity index (χ4n) is 5.40. The molecule has 0 spiro atoms. The van der Waals surface area contributed by atoms with Gasteiger partial charge in [-0.2, -0.15) is 4.98 Å². The van der Waals surface area contributed by atoms with Gasteiger partial charge in [-0.25, -0.2) is 4.79 Å². The second-order valence-electron chi connectivity index (χ2n) is 10.0. The number of piperidine rings is 1. The topological polar surface area (TPSA) is 118 Å². The Morgan fingerprint density at radius 3 is 2.55 bits per heavy atom. The van der Waals surface area contributed by atoms with Crippen LogP contribution in [0.5, 0.6) is 0 Å². The first-order valence-electron chi connectivity index (χ1n) is 12.4. The number of anilines is 1. The molecule has 4 aromatic rings. The number of pyridine rings is 1. The zero-order chi connectivity index (χ0) is 26.0. The molecule has 2 aliphatic carbocycles. The minimum Gasteiger partial charge on any atom is -0.478 e. The summed E-state index contributed by atoms with van der Waals surface area (Å²) in [6.07, 6.45) is 9.66. The van der Waals surface area contributed by atoms with E-state index < -0.39 is 5.97 Å². The molecule has 1 aliphatic heterocycles. The van der Waals surface area contributed by atoms with Crippen LogP contribution in [-0.2, 0) is 0 Å². The van der Waals surface area contributed by atoms with Crippen molar-refractivity contribution in [3.05, 3.63) is 69.7 Å². The SMILES string of the molecule is O=C(O)c1cccc(-c2noc(N3CC4C(C=Cc5c(-c6c(Cl)cncc6Cl)noc5C5CC5)C4C3)n2)c1. The van der Waals surface area contributed by atoms with Crippen molar-refractivity contribution in [3.8, 4) is 22.6 Å². The Morgan fingerprint density at radius 2 is 1.84 bits per heavy atom. The normalized spacial score (nSPS) is 22.3. The molecule has 3 aromatic heterocycles. The molecule has 1 aromatic carbocycles. The van der Waals surface area contributed by atoms with E-state index in [2.05, 4.69) is 37.3 Å². The van der Waals surface area contributed by atoms with Crippen LogP contribution in [0.4, 0.5) is 6.01 Å². The lowest BCUT2D eigenvalue weighted by Gasteiger charge is -2.15. The van der Waals surface area contributed by atoms with Crippen LogP contribution >= 0.6 is 23.2 Å². The largest absolute Gasteiger partial charge is 0.478 e.